The van der Waals surface area contributed by atoms with Crippen LogP contribution in [0.1, 0.15) is 25.8 Å². The number of guanidine groups is 1. The smallest absolute Gasteiger partial charge is 0.401 e. The number of hydrogen-bond donors (Lipinski definition) is 2. The predicted octanol–water partition coefficient (Wildman–Crippen LogP) is 3.69. The minimum absolute atomic E-state index is 0. The first kappa shape index (κ1) is 26.6. The zero-order valence-corrected chi connectivity index (χ0v) is 20.0. The highest BCUT2D eigenvalue weighted by Crippen LogP contribution is 2.30. The first-order valence-electron chi connectivity index (χ1n) is 9.94. The average Bonchev–Trinajstić information content (AvgIpc) is 3.12. The number of aromatic hydroxyl groups is 1. The van der Waals surface area contributed by atoms with E-state index in [4.69, 9.17) is 4.74 Å². The molecule has 1 saturated heterocycles. The Balaban J connectivity index is 0.00000450. The molecule has 10 heteroatoms. The van der Waals surface area contributed by atoms with Crippen molar-refractivity contribution in [3.63, 3.8) is 0 Å². The van der Waals surface area contributed by atoms with Gasteiger partial charge in [0.2, 0.25) is 0 Å². The Hall–Kier alpha value is -1.43. The number of likely N-dealkylation sites (tertiary alicyclic amines) is 1. The number of alkyl halides is 3. The van der Waals surface area contributed by atoms with Crippen molar-refractivity contribution in [3.05, 3.63) is 23.8 Å². The van der Waals surface area contributed by atoms with E-state index in [9.17, 15) is 18.3 Å². The predicted molar refractivity (Wildman–Crippen MR) is 123 cm³/mol. The van der Waals surface area contributed by atoms with Crippen LogP contribution in [0.4, 0.5) is 13.2 Å². The molecule has 1 aromatic rings. The van der Waals surface area contributed by atoms with Crippen molar-refractivity contribution in [1.29, 1.82) is 0 Å². The number of benzene rings is 1. The number of aliphatic imine (C=N–C) groups is 1. The van der Waals surface area contributed by atoms with Crippen molar-refractivity contribution >= 4 is 29.9 Å². The molecule has 0 aromatic heterocycles. The molecule has 0 bridgehead atoms. The van der Waals surface area contributed by atoms with Gasteiger partial charge in [0.1, 0.15) is 0 Å². The number of phenolic OH excluding ortho intramolecular Hbond substituents is 1. The van der Waals surface area contributed by atoms with Gasteiger partial charge in [-0.05, 0) is 31.9 Å². The standard InChI is InChI=1S/C20H31F3N4O2.HI/c1-4-24-19(25-11-16-7-6-8-17(29-3)18(16)28)27-10-9-15(13-27)12-26(5-2)14-20(21,22)23;/h6-8,15,28H,4-5,9-14H2,1-3H3,(H,24,25);1H. The third-order valence-corrected chi connectivity index (χ3v) is 4.99. The summed E-state index contributed by atoms with van der Waals surface area (Å²) >= 11 is 0. The monoisotopic (exact) mass is 544 g/mol. The Labute approximate surface area is 193 Å². The summed E-state index contributed by atoms with van der Waals surface area (Å²) in [4.78, 5) is 8.14. The van der Waals surface area contributed by atoms with E-state index < -0.39 is 12.7 Å². The van der Waals surface area contributed by atoms with Crippen LogP contribution in [-0.4, -0.2) is 73.4 Å². The summed E-state index contributed by atoms with van der Waals surface area (Å²) in [5, 5.41) is 13.5. The second-order valence-corrected chi connectivity index (χ2v) is 7.18. The van der Waals surface area contributed by atoms with Gasteiger partial charge in [-0.3, -0.25) is 4.90 Å². The van der Waals surface area contributed by atoms with Gasteiger partial charge in [-0.25, -0.2) is 4.99 Å². The van der Waals surface area contributed by atoms with E-state index in [2.05, 4.69) is 15.2 Å². The lowest BCUT2D eigenvalue weighted by molar-refractivity contribution is -0.146. The molecule has 0 spiro atoms. The van der Waals surface area contributed by atoms with Gasteiger partial charge in [0.15, 0.2) is 17.5 Å². The molecule has 2 N–H and O–H groups in total. The topological polar surface area (TPSA) is 60.3 Å². The summed E-state index contributed by atoms with van der Waals surface area (Å²) < 4.78 is 43.3. The van der Waals surface area contributed by atoms with Crippen LogP contribution in [0.15, 0.2) is 23.2 Å². The number of halogens is 4. The number of hydrogen-bond acceptors (Lipinski definition) is 4. The molecule has 0 aliphatic carbocycles. The van der Waals surface area contributed by atoms with Crippen molar-refractivity contribution < 1.29 is 23.0 Å². The Bertz CT molecular complexity index is 689. The maximum atomic E-state index is 12.7. The van der Waals surface area contributed by atoms with Crippen molar-refractivity contribution in [2.24, 2.45) is 10.9 Å². The molecule has 172 valence electrons. The van der Waals surface area contributed by atoms with Gasteiger partial charge in [0.25, 0.3) is 0 Å². The van der Waals surface area contributed by atoms with E-state index in [1.54, 1.807) is 25.1 Å². The van der Waals surface area contributed by atoms with Crippen LogP contribution in [0.5, 0.6) is 11.5 Å². The Morgan fingerprint density at radius 3 is 2.70 bits per heavy atom. The van der Waals surface area contributed by atoms with Gasteiger partial charge >= 0.3 is 6.18 Å². The van der Waals surface area contributed by atoms with Crippen molar-refractivity contribution in [3.8, 4) is 11.5 Å². The normalized spacial score (nSPS) is 17.2. The summed E-state index contributed by atoms with van der Waals surface area (Å²) in [6.07, 6.45) is -3.35. The second kappa shape index (κ2) is 12.4. The summed E-state index contributed by atoms with van der Waals surface area (Å²) in [5.74, 6) is 1.33. The molecule has 0 saturated carbocycles. The highest BCUT2D eigenvalue weighted by Gasteiger charge is 2.33. The minimum atomic E-state index is -4.18. The molecule has 1 heterocycles. The largest absolute Gasteiger partial charge is 0.504 e. The summed E-state index contributed by atoms with van der Waals surface area (Å²) in [7, 11) is 1.49. The maximum absolute atomic E-state index is 12.7. The molecule has 1 atom stereocenters. The highest BCUT2D eigenvalue weighted by atomic mass is 127. The van der Waals surface area contributed by atoms with E-state index in [1.165, 1.54) is 12.0 Å². The van der Waals surface area contributed by atoms with E-state index in [0.29, 0.717) is 43.5 Å². The minimum Gasteiger partial charge on any atom is -0.504 e. The van der Waals surface area contributed by atoms with E-state index in [0.717, 1.165) is 13.0 Å². The molecule has 1 unspecified atom stereocenters. The molecule has 1 aromatic carbocycles. The van der Waals surface area contributed by atoms with Gasteiger partial charge in [0, 0.05) is 31.7 Å². The molecule has 6 nitrogen and oxygen atoms in total. The lowest BCUT2D eigenvalue weighted by Gasteiger charge is -2.26. The van der Waals surface area contributed by atoms with Crippen molar-refractivity contribution in [2.75, 3.05) is 46.4 Å². The molecular weight excluding hydrogens is 512 g/mol. The van der Waals surface area contributed by atoms with E-state index in [-0.39, 0.29) is 42.2 Å². The van der Waals surface area contributed by atoms with Gasteiger partial charge < -0.3 is 20.1 Å². The van der Waals surface area contributed by atoms with E-state index in [1.807, 2.05) is 6.92 Å². The number of methoxy groups -OCH3 is 1. The molecule has 1 fully saturated rings. The van der Waals surface area contributed by atoms with Crippen LogP contribution in [0.3, 0.4) is 0 Å². The summed E-state index contributed by atoms with van der Waals surface area (Å²) in [5.41, 5.74) is 0.651. The van der Waals surface area contributed by atoms with Crippen molar-refractivity contribution in [2.45, 2.75) is 33.0 Å². The van der Waals surface area contributed by atoms with Crippen LogP contribution >= 0.6 is 24.0 Å². The Morgan fingerprint density at radius 2 is 2.10 bits per heavy atom. The van der Waals surface area contributed by atoms with Gasteiger partial charge in [-0.15, -0.1) is 24.0 Å². The number of nitrogens with zero attached hydrogens (tertiary/aromatic N) is 3. The fourth-order valence-corrected chi connectivity index (χ4v) is 3.54. The van der Waals surface area contributed by atoms with Crippen molar-refractivity contribution in [1.82, 2.24) is 15.1 Å². The lowest BCUT2D eigenvalue weighted by Crippen LogP contribution is -2.41. The molecular formula is C20H32F3IN4O2. The summed E-state index contributed by atoms with van der Waals surface area (Å²) in [6, 6.07) is 5.26. The van der Waals surface area contributed by atoms with E-state index >= 15 is 0 Å². The third-order valence-electron chi connectivity index (χ3n) is 4.99. The lowest BCUT2D eigenvalue weighted by atomic mass is 10.1. The molecule has 1 aliphatic heterocycles. The molecule has 0 radical (unpaired) electrons. The average molecular weight is 544 g/mol. The number of phenols is 1. The van der Waals surface area contributed by atoms with Crippen LogP contribution < -0.4 is 10.1 Å². The maximum Gasteiger partial charge on any atom is 0.401 e. The third kappa shape index (κ3) is 8.01. The zero-order valence-electron chi connectivity index (χ0n) is 17.7. The first-order chi connectivity index (χ1) is 13.8. The van der Waals surface area contributed by atoms with Gasteiger partial charge in [-0.1, -0.05) is 19.1 Å². The van der Waals surface area contributed by atoms with Crippen LogP contribution in [-0.2, 0) is 6.54 Å². The fraction of sp³-hybridized carbons (Fsp3) is 0.650. The number of ether oxygens (including phenoxy) is 1. The van der Waals surface area contributed by atoms with Crippen LogP contribution in [0.2, 0.25) is 0 Å². The number of nitrogens with one attached hydrogen (secondary N) is 1. The van der Waals surface area contributed by atoms with Gasteiger partial charge in [0.05, 0.1) is 20.2 Å². The van der Waals surface area contributed by atoms with Crippen LogP contribution in [0.25, 0.3) is 0 Å². The van der Waals surface area contributed by atoms with Gasteiger partial charge in [-0.2, -0.15) is 13.2 Å². The molecule has 2 rings (SSSR count). The highest BCUT2D eigenvalue weighted by molar-refractivity contribution is 14.0. The molecule has 0 amide bonds. The first-order valence-corrected chi connectivity index (χ1v) is 9.94. The molecule has 30 heavy (non-hydrogen) atoms. The zero-order chi connectivity index (χ0) is 21.4. The fourth-order valence-electron chi connectivity index (χ4n) is 3.54. The molecule has 1 aliphatic rings. The van der Waals surface area contributed by atoms with Crippen LogP contribution in [0, 0.1) is 5.92 Å². The number of para-hydroxylation sites is 1. The number of rotatable bonds is 8. The summed E-state index contributed by atoms with van der Waals surface area (Å²) in [6.45, 7) is 6.00. The SMILES string of the molecule is CCNC(=NCc1cccc(OC)c1O)N1CCC(CN(CC)CC(F)(F)F)C1.I. The Kier molecular flexibility index (Phi) is 11.0. The second-order valence-electron chi connectivity index (χ2n) is 7.18. The Morgan fingerprint density at radius 1 is 1.37 bits per heavy atom. The quantitative estimate of drug-likeness (QED) is 0.297.